The predicted octanol–water partition coefficient (Wildman–Crippen LogP) is 3.57. The molecule has 0 saturated carbocycles. The Bertz CT molecular complexity index is 1150. The van der Waals surface area contributed by atoms with Gasteiger partial charge in [-0.2, -0.15) is 5.26 Å². The van der Waals surface area contributed by atoms with Gasteiger partial charge in [-0.3, -0.25) is 19.3 Å². The highest BCUT2D eigenvalue weighted by atomic mass is 19.1. The molecular formula is C25H24FN3O5. The van der Waals surface area contributed by atoms with Crippen LogP contribution in [0.25, 0.3) is 0 Å². The van der Waals surface area contributed by atoms with Gasteiger partial charge in [0.05, 0.1) is 29.2 Å². The summed E-state index contributed by atoms with van der Waals surface area (Å²) in [5, 5.41) is 8.86. The third-order valence-corrected chi connectivity index (χ3v) is 5.35. The average molecular weight is 465 g/mol. The van der Waals surface area contributed by atoms with E-state index < -0.39 is 36.1 Å². The number of carbonyl (C=O) groups is 4. The molecule has 0 spiro atoms. The standard InChI is InChI=1S/C25H24FN3O5/c1-16(2)10-13-29-23(31)20-9-4-17(14-21(20)24(29)32)25(33)34-15-22(30)28(12-3-11-27)19-7-5-18(26)6-8-19/h4-9,14,16H,3,10,12-13,15H2,1-2H3. The SMILES string of the molecule is CC(C)CCN1C(=O)c2ccc(C(=O)OCC(=O)N(CCC#N)c3ccc(F)cc3)cc2C1=O. The normalized spacial score (nSPS) is 12.5. The minimum atomic E-state index is -0.837. The van der Waals surface area contributed by atoms with Crippen molar-refractivity contribution in [2.24, 2.45) is 5.92 Å². The number of hydrogen-bond acceptors (Lipinski definition) is 6. The Morgan fingerprint density at radius 1 is 1.09 bits per heavy atom. The number of anilines is 1. The molecule has 0 atom stereocenters. The van der Waals surface area contributed by atoms with Crippen molar-refractivity contribution >= 4 is 29.4 Å². The van der Waals surface area contributed by atoms with Crippen molar-refractivity contribution in [1.29, 1.82) is 5.26 Å². The van der Waals surface area contributed by atoms with Gasteiger partial charge in [-0.25, -0.2) is 9.18 Å². The Balaban J connectivity index is 1.69. The van der Waals surface area contributed by atoms with Crippen molar-refractivity contribution in [3.8, 4) is 6.07 Å². The summed E-state index contributed by atoms with van der Waals surface area (Å²) < 4.78 is 18.3. The monoisotopic (exact) mass is 465 g/mol. The molecule has 1 heterocycles. The van der Waals surface area contributed by atoms with Crippen molar-refractivity contribution in [1.82, 2.24) is 4.90 Å². The first-order chi connectivity index (χ1) is 16.2. The topological polar surface area (TPSA) is 108 Å². The van der Waals surface area contributed by atoms with E-state index in [1.54, 1.807) is 0 Å². The molecule has 9 heteroatoms. The van der Waals surface area contributed by atoms with Gasteiger partial charge in [-0.05, 0) is 54.8 Å². The number of rotatable bonds is 9. The van der Waals surface area contributed by atoms with Crippen LogP contribution in [-0.2, 0) is 9.53 Å². The van der Waals surface area contributed by atoms with Gasteiger partial charge < -0.3 is 9.64 Å². The number of esters is 1. The van der Waals surface area contributed by atoms with Gasteiger partial charge >= 0.3 is 5.97 Å². The van der Waals surface area contributed by atoms with Crippen LogP contribution < -0.4 is 4.90 Å². The molecule has 1 aliphatic rings. The first-order valence-electron chi connectivity index (χ1n) is 10.8. The second-order valence-electron chi connectivity index (χ2n) is 8.21. The maximum absolute atomic E-state index is 13.2. The Morgan fingerprint density at radius 3 is 2.41 bits per heavy atom. The highest BCUT2D eigenvalue weighted by molar-refractivity contribution is 6.22. The summed E-state index contributed by atoms with van der Waals surface area (Å²) in [4.78, 5) is 52.8. The summed E-state index contributed by atoms with van der Waals surface area (Å²) >= 11 is 0. The molecule has 0 N–H and O–H groups in total. The van der Waals surface area contributed by atoms with Crippen LogP contribution in [0.5, 0.6) is 0 Å². The lowest BCUT2D eigenvalue weighted by Crippen LogP contribution is -2.35. The number of amides is 3. The molecule has 0 fully saturated rings. The number of nitrogens with zero attached hydrogens (tertiary/aromatic N) is 3. The minimum Gasteiger partial charge on any atom is -0.452 e. The third kappa shape index (κ3) is 5.46. The van der Waals surface area contributed by atoms with Crippen LogP contribution in [0.2, 0.25) is 0 Å². The van der Waals surface area contributed by atoms with Crippen molar-refractivity contribution in [2.75, 3.05) is 24.6 Å². The van der Waals surface area contributed by atoms with Gasteiger partial charge in [0.1, 0.15) is 5.82 Å². The molecule has 0 saturated heterocycles. The number of fused-ring (bicyclic) bond motifs is 1. The van der Waals surface area contributed by atoms with Crippen LogP contribution in [0.1, 0.15) is 57.8 Å². The molecule has 3 amide bonds. The Labute approximate surface area is 196 Å². The lowest BCUT2D eigenvalue weighted by molar-refractivity contribution is -0.121. The lowest BCUT2D eigenvalue weighted by Gasteiger charge is -2.21. The van der Waals surface area contributed by atoms with E-state index in [-0.39, 0.29) is 29.7 Å². The summed E-state index contributed by atoms with van der Waals surface area (Å²) in [7, 11) is 0. The average Bonchev–Trinajstić information content (AvgIpc) is 3.06. The Kier molecular flexibility index (Phi) is 7.74. The van der Waals surface area contributed by atoms with Crippen molar-refractivity contribution < 1.29 is 28.3 Å². The summed E-state index contributed by atoms with van der Waals surface area (Å²) in [5.74, 6) is -2.46. The molecule has 0 unspecified atom stereocenters. The molecule has 34 heavy (non-hydrogen) atoms. The Morgan fingerprint density at radius 2 is 1.76 bits per heavy atom. The van der Waals surface area contributed by atoms with E-state index in [4.69, 9.17) is 10.00 Å². The van der Waals surface area contributed by atoms with Crippen LogP contribution in [0.4, 0.5) is 10.1 Å². The van der Waals surface area contributed by atoms with E-state index in [9.17, 15) is 23.6 Å². The molecule has 0 bridgehead atoms. The fraction of sp³-hybridized carbons (Fsp3) is 0.320. The molecule has 8 nitrogen and oxygen atoms in total. The number of imide groups is 1. The quantitative estimate of drug-likeness (QED) is 0.414. The van der Waals surface area contributed by atoms with Crippen LogP contribution in [-0.4, -0.2) is 48.3 Å². The molecular weight excluding hydrogens is 441 g/mol. The molecule has 0 radical (unpaired) electrons. The molecule has 0 aromatic heterocycles. The minimum absolute atomic E-state index is 0.0313. The molecule has 1 aliphatic heterocycles. The summed E-state index contributed by atoms with van der Waals surface area (Å²) in [5.41, 5.74) is 0.737. The van der Waals surface area contributed by atoms with Crippen molar-refractivity contribution in [3.63, 3.8) is 0 Å². The van der Waals surface area contributed by atoms with E-state index in [0.29, 0.717) is 24.6 Å². The van der Waals surface area contributed by atoms with Crippen molar-refractivity contribution in [3.05, 3.63) is 65.0 Å². The fourth-order valence-electron chi connectivity index (χ4n) is 3.48. The number of ether oxygens (including phenoxy) is 1. The van der Waals surface area contributed by atoms with E-state index in [1.807, 2.05) is 19.9 Å². The second-order valence-corrected chi connectivity index (χ2v) is 8.21. The Hall–Kier alpha value is -4.06. The van der Waals surface area contributed by atoms with Gasteiger partial charge in [0.2, 0.25) is 0 Å². The number of halogens is 1. The fourth-order valence-corrected chi connectivity index (χ4v) is 3.48. The zero-order valence-electron chi connectivity index (χ0n) is 18.9. The van der Waals surface area contributed by atoms with E-state index >= 15 is 0 Å². The van der Waals surface area contributed by atoms with E-state index in [2.05, 4.69) is 0 Å². The van der Waals surface area contributed by atoms with E-state index in [1.165, 1.54) is 52.3 Å². The maximum Gasteiger partial charge on any atom is 0.338 e. The highest BCUT2D eigenvalue weighted by Gasteiger charge is 2.36. The molecule has 176 valence electrons. The highest BCUT2D eigenvalue weighted by Crippen LogP contribution is 2.25. The summed E-state index contributed by atoms with van der Waals surface area (Å²) in [6.45, 7) is 3.70. The first-order valence-corrected chi connectivity index (χ1v) is 10.8. The van der Waals surface area contributed by atoms with Crippen molar-refractivity contribution in [2.45, 2.75) is 26.7 Å². The molecule has 0 aliphatic carbocycles. The zero-order valence-corrected chi connectivity index (χ0v) is 18.9. The predicted molar refractivity (Wildman–Crippen MR) is 121 cm³/mol. The maximum atomic E-state index is 13.2. The van der Waals surface area contributed by atoms with Gasteiger partial charge in [-0.15, -0.1) is 0 Å². The largest absolute Gasteiger partial charge is 0.452 e. The number of benzene rings is 2. The second kappa shape index (κ2) is 10.7. The number of hydrogen-bond donors (Lipinski definition) is 0. The molecule has 2 aromatic rings. The van der Waals surface area contributed by atoms with Crippen LogP contribution >= 0.6 is 0 Å². The first kappa shape index (κ1) is 24.6. The third-order valence-electron chi connectivity index (χ3n) is 5.35. The summed E-state index contributed by atoms with van der Waals surface area (Å²) in [6, 6.07) is 11.2. The van der Waals surface area contributed by atoms with Gasteiger partial charge in [-0.1, -0.05) is 13.8 Å². The van der Waals surface area contributed by atoms with E-state index in [0.717, 1.165) is 0 Å². The lowest BCUT2D eigenvalue weighted by atomic mass is 10.1. The smallest absolute Gasteiger partial charge is 0.338 e. The molecule has 3 rings (SSSR count). The zero-order chi connectivity index (χ0) is 24.8. The summed E-state index contributed by atoms with van der Waals surface area (Å²) in [6.07, 6.45) is 0.699. The van der Waals surface area contributed by atoms with Crippen LogP contribution in [0.15, 0.2) is 42.5 Å². The van der Waals surface area contributed by atoms with Gasteiger partial charge in [0.15, 0.2) is 6.61 Å². The van der Waals surface area contributed by atoms with Gasteiger partial charge in [0, 0.05) is 18.8 Å². The number of carbonyl (C=O) groups excluding carboxylic acids is 4. The number of nitriles is 1. The van der Waals surface area contributed by atoms with Crippen LogP contribution in [0.3, 0.4) is 0 Å². The van der Waals surface area contributed by atoms with Gasteiger partial charge in [0.25, 0.3) is 17.7 Å². The van der Waals surface area contributed by atoms with Crippen LogP contribution in [0, 0.1) is 23.1 Å². The molecule has 2 aromatic carbocycles.